The van der Waals surface area contributed by atoms with Gasteiger partial charge in [-0.15, -0.1) is 11.3 Å². The third-order valence-electron chi connectivity index (χ3n) is 2.48. The van der Waals surface area contributed by atoms with E-state index >= 15 is 0 Å². The Balaban J connectivity index is 2.31. The Morgan fingerprint density at radius 3 is 2.71 bits per heavy atom. The highest BCUT2D eigenvalue weighted by Crippen LogP contribution is 2.19. The van der Waals surface area contributed by atoms with Gasteiger partial charge < -0.3 is 0 Å². The van der Waals surface area contributed by atoms with Crippen LogP contribution in [0.15, 0.2) is 35.8 Å². The molecule has 0 fully saturated rings. The molecule has 17 heavy (non-hydrogen) atoms. The van der Waals surface area contributed by atoms with E-state index in [1.165, 1.54) is 16.9 Å². The molecule has 0 bridgehead atoms. The van der Waals surface area contributed by atoms with Gasteiger partial charge in [-0.1, -0.05) is 31.2 Å². The second kappa shape index (κ2) is 5.42. The van der Waals surface area contributed by atoms with Crippen molar-refractivity contribution in [2.45, 2.75) is 13.3 Å². The topological polar surface area (TPSA) is 36.7 Å². The number of nitrogens with zero attached hydrogens (tertiary/aromatic N) is 2. The predicted molar refractivity (Wildman–Crippen MR) is 71.4 cm³/mol. The number of rotatable bonds is 3. The van der Waals surface area contributed by atoms with E-state index in [1.54, 1.807) is 6.20 Å². The Morgan fingerprint density at radius 2 is 2.18 bits per heavy atom. The highest BCUT2D eigenvalue weighted by molar-refractivity contribution is 7.10. The minimum absolute atomic E-state index is 0.615. The van der Waals surface area contributed by atoms with Crippen molar-refractivity contribution in [3.63, 3.8) is 0 Å². The number of aryl methyl sites for hydroxylation is 1. The first-order valence-electron chi connectivity index (χ1n) is 5.44. The zero-order chi connectivity index (χ0) is 12.1. The number of benzene rings is 1. The third kappa shape index (κ3) is 2.80. The number of hydrogen-bond acceptors (Lipinski definition) is 3. The molecule has 0 aliphatic carbocycles. The van der Waals surface area contributed by atoms with E-state index in [0.717, 1.165) is 17.0 Å². The van der Waals surface area contributed by atoms with Crippen LogP contribution in [0.25, 0.3) is 11.6 Å². The fraction of sp³-hybridized carbons (Fsp3) is 0.143. The van der Waals surface area contributed by atoms with E-state index in [9.17, 15) is 0 Å². The Morgan fingerprint density at radius 1 is 1.41 bits per heavy atom. The molecule has 2 aromatic rings. The molecule has 1 aromatic carbocycles. The second-order valence-electron chi connectivity index (χ2n) is 3.60. The Labute approximate surface area is 105 Å². The quantitative estimate of drug-likeness (QED) is 0.766. The van der Waals surface area contributed by atoms with Crippen molar-refractivity contribution >= 4 is 23.0 Å². The second-order valence-corrected chi connectivity index (χ2v) is 4.50. The van der Waals surface area contributed by atoms with Crippen LogP contribution in [0, 0.1) is 11.3 Å². The minimum Gasteiger partial charge on any atom is -0.244 e. The summed E-state index contributed by atoms with van der Waals surface area (Å²) in [6, 6.07) is 10.4. The van der Waals surface area contributed by atoms with Crippen molar-refractivity contribution in [1.82, 2.24) is 4.98 Å². The largest absolute Gasteiger partial charge is 0.244 e. The van der Waals surface area contributed by atoms with Gasteiger partial charge in [-0.2, -0.15) is 5.26 Å². The minimum atomic E-state index is 0.615. The highest BCUT2D eigenvalue weighted by atomic mass is 32.1. The summed E-state index contributed by atoms with van der Waals surface area (Å²) in [5.41, 5.74) is 2.95. The van der Waals surface area contributed by atoms with Gasteiger partial charge in [0, 0.05) is 11.6 Å². The summed E-state index contributed by atoms with van der Waals surface area (Å²) >= 11 is 1.48. The molecule has 1 heterocycles. The molecular formula is C14H12N2S. The lowest BCUT2D eigenvalue weighted by atomic mass is 10.1. The predicted octanol–water partition coefficient (Wildman–Crippen LogP) is 3.77. The molecular weight excluding hydrogens is 228 g/mol. The van der Waals surface area contributed by atoms with Crippen LogP contribution in [0.4, 0.5) is 0 Å². The maximum Gasteiger partial charge on any atom is 0.133 e. The molecule has 2 rings (SSSR count). The summed E-state index contributed by atoms with van der Waals surface area (Å²) in [6.45, 7) is 2.13. The van der Waals surface area contributed by atoms with Crippen molar-refractivity contribution in [2.75, 3.05) is 0 Å². The fourth-order valence-corrected chi connectivity index (χ4v) is 2.12. The van der Waals surface area contributed by atoms with Gasteiger partial charge in [0.1, 0.15) is 11.1 Å². The Kier molecular flexibility index (Phi) is 3.69. The molecule has 0 spiro atoms. The molecule has 0 N–H and O–H groups in total. The van der Waals surface area contributed by atoms with E-state index in [0.29, 0.717) is 5.57 Å². The molecule has 0 amide bonds. The van der Waals surface area contributed by atoms with Crippen molar-refractivity contribution in [3.05, 3.63) is 52.0 Å². The van der Waals surface area contributed by atoms with Gasteiger partial charge in [-0.25, -0.2) is 4.98 Å². The SMILES string of the molecule is CCc1ccc(/C=C(\C#N)c2nccs2)cc1. The van der Waals surface area contributed by atoms with Crippen LogP contribution in [-0.4, -0.2) is 4.98 Å². The average Bonchev–Trinajstić information content (AvgIpc) is 2.90. The number of thiazole rings is 1. The maximum absolute atomic E-state index is 9.11. The molecule has 2 nitrogen and oxygen atoms in total. The lowest BCUT2D eigenvalue weighted by Gasteiger charge is -1.98. The van der Waals surface area contributed by atoms with Crippen LogP contribution in [0.2, 0.25) is 0 Å². The zero-order valence-corrected chi connectivity index (χ0v) is 10.4. The number of aromatic nitrogens is 1. The molecule has 0 saturated heterocycles. The smallest absolute Gasteiger partial charge is 0.133 e. The van der Waals surface area contributed by atoms with Gasteiger partial charge in [-0.05, 0) is 23.6 Å². The van der Waals surface area contributed by atoms with Gasteiger partial charge in [0.05, 0.1) is 5.57 Å². The Hall–Kier alpha value is -1.92. The molecule has 84 valence electrons. The van der Waals surface area contributed by atoms with Gasteiger partial charge in [-0.3, -0.25) is 0 Å². The maximum atomic E-state index is 9.11. The lowest BCUT2D eigenvalue weighted by Crippen LogP contribution is -1.82. The van der Waals surface area contributed by atoms with E-state index in [-0.39, 0.29) is 0 Å². The first kappa shape index (κ1) is 11.6. The number of hydrogen-bond donors (Lipinski definition) is 0. The van der Waals surface area contributed by atoms with E-state index < -0.39 is 0 Å². The van der Waals surface area contributed by atoms with Crippen LogP contribution >= 0.6 is 11.3 Å². The van der Waals surface area contributed by atoms with E-state index in [1.807, 2.05) is 23.6 Å². The van der Waals surface area contributed by atoms with Gasteiger partial charge in [0.25, 0.3) is 0 Å². The van der Waals surface area contributed by atoms with Crippen molar-refractivity contribution in [2.24, 2.45) is 0 Å². The molecule has 0 radical (unpaired) electrons. The highest BCUT2D eigenvalue weighted by Gasteiger charge is 2.03. The van der Waals surface area contributed by atoms with Crippen LogP contribution in [0.3, 0.4) is 0 Å². The first-order valence-corrected chi connectivity index (χ1v) is 6.32. The van der Waals surface area contributed by atoms with Crippen LogP contribution in [-0.2, 0) is 6.42 Å². The fourth-order valence-electron chi connectivity index (χ4n) is 1.51. The standard InChI is InChI=1S/C14H12N2S/c1-2-11-3-5-12(6-4-11)9-13(10-15)14-16-7-8-17-14/h3-9H,2H2,1H3/b13-9+. The van der Waals surface area contributed by atoms with Crippen molar-refractivity contribution < 1.29 is 0 Å². The lowest BCUT2D eigenvalue weighted by molar-refractivity contribution is 1.14. The van der Waals surface area contributed by atoms with Crippen LogP contribution in [0.5, 0.6) is 0 Å². The molecule has 0 aliphatic rings. The summed E-state index contributed by atoms with van der Waals surface area (Å²) in [6.07, 6.45) is 4.62. The van der Waals surface area contributed by atoms with Gasteiger partial charge in [0.2, 0.25) is 0 Å². The van der Waals surface area contributed by atoms with Gasteiger partial charge in [0.15, 0.2) is 0 Å². The summed E-state index contributed by atoms with van der Waals surface area (Å²) in [5.74, 6) is 0. The summed E-state index contributed by atoms with van der Waals surface area (Å²) in [5, 5.41) is 11.8. The summed E-state index contributed by atoms with van der Waals surface area (Å²) < 4.78 is 0. The number of allylic oxidation sites excluding steroid dienone is 1. The number of nitriles is 1. The average molecular weight is 240 g/mol. The van der Waals surface area contributed by atoms with Crippen LogP contribution in [0.1, 0.15) is 23.1 Å². The Bertz CT molecular complexity index is 545. The summed E-state index contributed by atoms with van der Waals surface area (Å²) in [7, 11) is 0. The van der Waals surface area contributed by atoms with E-state index in [4.69, 9.17) is 5.26 Å². The molecule has 0 aliphatic heterocycles. The third-order valence-corrected chi connectivity index (χ3v) is 3.29. The monoisotopic (exact) mass is 240 g/mol. The molecule has 0 unspecified atom stereocenters. The molecule has 0 atom stereocenters. The van der Waals surface area contributed by atoms with Crippen molar-refractivity contribution in [1.29, 1.82) is 5.26 Å². The first-order chi connectivity index (χ1) is 8.33. The zero-order valence-electron chi connectivity index (χ0n) is 9.55. The van der Waals surface area contributed by atoms with E-state index in [2.05, 4.69) is 30.1 Å². The molecule has 1 aromatic heterocycles. The molecule has 3 heteroatoms. The van der Waals surface area contributed by atoms with Crippen LogP contribution < -0.4 is 0 Å². The normalized spacial score (nSPS) is 11.2. The van der Waals surface area contributed by atoms with Gasteiger partial charge >= 0.3 is 0 Å². The van der Waals surface area contributed by atoms with Crippen molar-refractivity contribution in [3.8, 4) is 6.07 Å². The molecule has 0 saturated carbocycles. The summed E-state index contributed by atoms with van der Waals surface area (Å²) in [4.78, 5) is 4.15.